The Balaban J connectivity index is 1.45. The second kappa shape index (κ2) is 8.82. The molecule has 2 heterocycles. The number of amides is 2. The Kier molecular flexibility index (Phi) is 5.91. The molecule has 2 unspecified atom stereocenters. The highest BCUT2D eigenvalue weighted by Crippen LogP contribution is 2.21. The number of hydrogen-bond acceptors (Lipinski definition) is 3. The number of hydrogen-bond donors (Lipinski definition) is 4. The van der Waals surface area contributed by atoms with Gasteiger partial charge in [-0.3, -0.25) is 9.59 Å². The SMILES string of the molecule is Cc1ccc2c(c1)cc(C(=O)NC(C)C(=O)NC(Cc1c[nH]c3ccccc13)C(=O)O)n2C. The predicted octanol–water partition coefficient (Wildman–Crippen LogP) is 2.90. The number of rotatable bonds is 7. The summed E-state index contributed by atoms with van der Waals surface area (Å²) in [6.45, 7) is 3.51. The number of carbonyl (C=O) groups is 3. The molecule has 2 aromatic heterocycles. The molecule has 0 radical (unpaired) electrons. The molecule has 4 N–H and O–H groups in total. The van der Waals surface area contributed by atoms with E-state index in [-0.39, 0.29) is 6.42 Å². The van der Waals surface area contributed by atoms with Crippen molar-refractivity contribution in [3.8, 4) is 0 Å². The van der Waals surface area contributed by atoms with E-state index in [1.807, 2.05) is 49.4 Å². The molecular formula is C25H26N4O4. The van der Waals surface area contributed by atoms with Gasteiger partial charge in [-0.2, -0.15) is 0 Å². The van der Waals surface area contributed by atoms with Gasteiger partial charge in [0.05, 0.1) is 0 Å². The van der Waals surface area contributed by atoms with Gasteiger partial charge in [-0.1, -0.05) is 29.8 Å². The van der Waals surface area contributed by atoms with Crippen LogP contribution in [0.5, 0.6) is 0 Å². The number of nitrogens with one attached hydrogen (secondary N) is 3. The summed E-state index contributed by atoms with van der Waals surface area (Å²) in [6, 6.07) is 13.2. The van der Waals surface area contributed by atoms with Crippen molar-refractivity contribution in [2.75, 3.05) is 0 Å². The molecule has 4 rings (SSSR count). The molecule has 0 aliphatic heterocycles. The van der Waals surface area contributed by atoms with E-state index in [1.54, 1.807) is 23.9 Å². The zero-order valence-corrected chi connectivity index (χ0v) is 18.7. The Morgan fingerprint density at radius 2 is 1.85 bits per heavy atom. The standard InChI is InChI=1S/C25H26N4O4/c1-14-8-9-21-16(10-14)12-22(29(21)3)24(31)27-15(2)23(30)28-20(25(32)33)11-17-13-26-19-7-5-4-6-18(17)19/h4-10,12-13,15,20,26H,11H2,1-3H3,(H,27,31)(H,28,30)(H,32,33). The van der Waals surface area contributed by atoms with Crippen LogP contribution >= 0.6 is 0 Å². The zero-order valence-electron chi connectivity index (χ0n) is 18.7. The summed E-state index contributed by atoms with van der Waals surface area (Å²) in [5.41, 5.74) is 4.11. The quantitative estimate of drug-likeness (QED) is 0.349. The molecule has 2 aromatic carbocycles. The number of carboxylic acid groups (broad SMARTS) is 1. The van der Waals surface area contributed by atoms with E-state index in [0.29, 0.717) is 5.69 Å². The van der Waals surface area contributed by atoms with Crippen molar-refractivity contribution in [3.05, 3.63) is 71.5 Å². The van der Waals surface area contributed by atoms with Gasteiger partial charge in [0, 0.05) is 41.5 Å². The van der Waals surface area contributed by atoms with E-state index < -0.39 is 29.9 Å². The number of fused-ring (bicyclic) bond motifs is 2. The van der Waals surface area contributed by atoms with Gasteiger partial charge in [-0.05, 0) is 43.7 Å². The number of carbonyl (C=O) groups excluding carboxylic acids is 2. The summed E-state index contributed by atoms with van der Waals surface area (Å²) in [5, 5.41) is 16.7. The van der Waals surface area contributed by atoms with E-state index in [2.05, 4.69) is 15.6 Å². The number of nitrogens with zero attached hydrogens (tertiary/aromatic N) is 1. The number of aromatic nitrogens is 2. The van der Waals surface area contributed by atoms with Gasteiger partial charge < -0.3 is 25.3 Å². The number of para-hydroxylation sites is 1. The van der Waals surface area contributed by atoms with Crippen molar-refractivity contribution in [1.29, 1.82) is 0 Å². The molecule has 0 saturated heterocycles. The number of carboxylic acids is 1. The van der Waals surface area contributed by atoms with Gasteiger partial charge in [0.15, 0.2) is 0 Å². The first-order valence-electron chi connectivity index (χ1n) is 10.7. The van der Waals surface area contributed by atoms with Crippen molar-refractivity contribution in [3.63, 3.8) is 0 Å². The zero-order chi connectivity index (χ0) is 23.7. The largest absolute Gasteiger partial charge is 0.480 e. The van der Waals surface area contributed by atoms with Crippen LogP contribution in [0, 0.1) is 6.92 Å². The van der Waals surface area contributed by atoms with Gasteiger partial charge in [0.1, 0.15) is 17.8 Å². The van der Waals surface area contributed by atoms with Crippen LogP contribution in [-0.4, -0.2) is 44.5 Å². The average Bonchev–Trinajstić information content (AvgIpc) is 3.33. The molecule has 0 bridgehead atoms. The Hall–Kier alpha value is -4.07. The number of H-pyrrole nitrogens is 1. The van der Waals surface area contributed by atoms with Gasteiger partial charge >= 0.3 is 5.97 Å². The number of aryl methyl sites for hydroxylation is 2. The number of aromatic amines is 1. The Bertz CT molecular complexity index is 1370. The molecule has 0 aliphatic rings. The molecule has 0 saturated carbocycles. The normalized spacial score (nSPS) is 13.1. The van der Waals surface area contributed by atoms with Gasteiger partial charge in [0.2, 0.25) is 5.91 Å². The van der Waals surface area contributed by atoms with Crippen LogP contribution in [0.25, 0.3) is 21.8 Å². The van der Waals surface area contributed by atoms with Crippen molar-refractivity contribution < 1.29 is 19.5 Å². The fraction of sp³-hybridized carbons (Fsp3) is 0.240. The topological polar surface area (TPSA) is 116 Å². The van der Waals surface area contributed by atoms with Crippen molar-refractivity contribution in [2.24, 2.45) is 7.05 Å². The molecule has 0 aliphatic carbocycles. The molecule has 8 heteroatoms. The minimum Gasteiger partial charge on any atom is -0.480 e. The Morgan fingerprint density at radius 1 is 1.09 bits per heavy atom. The van der Waals surface area contributed by atoms with Crippen LogP contribution in [0.3, 0.4) is 0 Å². The third-order valence-corrected chi connectivity index (χ3v) is 5.89. The lowest BCUT2D eigenvalue weighted by Gasteiger charge is -2.19. The van der Waals surface area contributed by atoms with Crippen LogP contribution in [0.15, 0.2) is 54.7 Å². The minimum atomic E-state index is -1.14. The van der Waals surface area contributed by atoms with Gasteiger partial charge in [0.25, 0.3) is 5.91 Å². The second-order valence-corrected chi connectivity index (χ2v) is 8.31. The molecule has 170 valence electrons. The monoisotopic (exact) mass is 446 g/mol. The molecule has 8 nitrogen and oxygen atoms in total. The molecule has 0 fully saturated rings. The van der Waals surface area contributed by atoms with Gasteiger partial charge in [-0.15, -0.1) is 0 Å². The van der Waals surface area contributed by atoms with Crippen molar-refractivity contribution in [1.82, 2.24) is 20.2 Å². The fourth-order valence-electron chi connectivity index (χ4n) is 4.04. The minimum absolute atomic E-state index is 0.119. The van der Waals surface area contributed by atoms with E-state index in [0.717, 1.165) is 32.9 Å². The fourth-order valence-corrected chi connectivity index (χ4v) is 4.04. The van der Waals surface area contributed by atoms with Crippen LogP contribution in [-0.2, 0) is 23.1 Å². The van der Waals surface area contributed by atoms with Crippen LogP contribution in [0.4, 0.5) is 0 Å². The summed E-state index contributed by atoms with van der Waals surface area (Å²) in [5.74, 6) is -2.11. The maximum atomic E-state index is 12.8. The highest BCUT2D eigenvalue weighted by molar-refractivity contribution is 6.01. The molecule has 2 amide bonds. The third kappa shape index (κ3) is 4.45. The van der Waals surface area contributed by atoms with E-state index >= 15 is 0 Å². The molecule has 4 aromatic rings. The first-order chi connectivity index (χ1) is 15.7. The predicted molar refractivity (Wildman–Crippen MR) is 126 cm³/mol. The smallest absolute Gasteiger partial charge is 0.326 e. The first-order valence-corrected chi connectivity index (χ1v) is 10.7. The van der Waals surface area contributed by atoms with Crippen LogP contribution in [0.2, 0.25) is 0 Å². The lowest BCUT2D eigenvalue weighted by Crippen LogP contribution is -2.51. The van der Waals surface area contributed by atoms with Gasteiger partial charge in [-0.25, -0.2) is 4.79 Å². The second-order valence-electron chi connectivity index (χ2n) is 8.31. The number of aliphatic carboxylic acids is 1. The Morgan fingerprint density at radius 3 is 2.61 bits per heavy atom. The summed E-state index contributed by atoms with van der Waals surface area (Å²) in [7, 11) is 1.79. The maximum Gasteiger partial charge on any atom is 0.326 e. The summed E-state index contributed by atoms with van der Waals surface area (Å²) in [4.78, 5) is 40.5. The summed E-state index contributed by atoms with van der Waals surface area (Å²) < 4.78 is 1.77. The third-order valence-electron chi connectivity index (χ3n) is 5.89. The van der Waals surface area contributed by atoms with Crippen LogP contribution in [0.1, 0.15) is 28.5 Å². The highest BCUT2D eigenvalue weighted by atomic mass is 16.4. The summed E-state index contributed by atoms with van der Waals surface area (Å²) in [6.07, 6.45) is 1.87. The van der Waals surface area contributed by atoms with Crippen molar-refractivity contribution >= 4 is 39.6 Å². The molecular weight excluding hydrogens is 420 g/mol. The van der Waals surface area contributed by atoms with E-state index in [4.69, 9.17) is 0 Å². The number of benzene rings is 2. The molecule has 0 spiro atoms. The maximum absolute atomic E-state index is 12.8. The lowest BCUT2D eigenvalue weighted by atomic mass is 10.0. The van der Waals surface area contributed by atoms with E-state index in [9.17, 15) is 19.5 Å². The average molecular weight is 447 g/mol. The van der Waals surface area contributed by atoms with E-state index in [1.165, 1.54) is 6.92 Å². The van der Waals surface area contributed by atoms with Crippen LogP contribution < -0.4 is 10.6 Å². The lowest BCUT2D eigenvalue weighted by molar-refractivity contribution is -0.142. The summed E-state index contributed by atoms with van der Waals surface area (Å²) >= 11 is 0. The molecule has 2 atom stereocenters. The molecule has 33 heavy (non-hydrogen) atoms. The van der Waals surface area contributed by atoms with Crippen molar-refractivity contribution in [2.45, 2.75) is 32.4 Å². The first kappa shape index (κ1) is 22.1. The highest BCUT2D eigenvalue weighted by Gasteiger charge is 2.26. The Labute approximate surface area is 190 Å².